The second-order valence-corrected chi connectivity index (χ2v) is 7.83. The molecule has 0 amide bonds. The summed E-state index contributed by atoms with van der Waals surface area (Å²) in [5, 5.41) is 0. The standard InChI is InChI=1S/C19H20N4O5S/c1-10(2)7-23-16(20)15(17(25)22(3)19(23)27)13(24)8-28-18(26)11-4-5-12-14(6-11)29-9-21-12/h4-6,9-10H,7-8,20H2,1-3H3. The number of anilines is 1. The molecule has 0 atom stereocenters. The van der Waals surface area contributed by atoms with Gasteiger partial charge in [-0.2, -0.15) is 0 Å². The van der Waals surface area contributed by atoms with E-state index < -0.39 is 29.6 Å². The van der Waals surface area contributed by atoms with Gasteiger partial charge < -0.3 is 10.5 Å². The van der Waals surface area contributed by atoms with Gasteiger partial charge in [0.2, 0.25) is 5.78 Å². The van der Waals surface area contributed by atoms with E-state index in [2.05, 4.69) is 4.98 Å². The summed E-state index contributed by atoms with van der Waals surface area (Å²) in [6.07, 6.45) is 0. The van der Waals surface area contributed by atoms with Crippen LogP contribution in [0.15, 0.2) is 33.3 Å². The zero-order valence-electron chi connectivity index (χ0n) is 16.2. The number of carbonyl (C=O) groups excluding carboxylic acids is 2. The summed E-state index contributed by atoms with van der Waals surface area (Å²) in [6, 6.07) is 4.85. The van der Waals surface area contributed by atoms with Crippen molar-refractivity contribution in [2.75, 3.05) is 12.3 Å². The number of Topliss-reactive ketones (excluding diaryl/α,β-unsaturated/α-hetero) is 1. The molecule has 0 unspecified atom stereocenters. The van der Waals surface area contributed by atoms with Crippen LogP contribution in [0, 0.1) is 5.92 Å². The second kappa shape index (κ2) is 8.00. The molecule has 0 spiro atoms. The number of rotatable bonds is 6. The van der Waals surface area contributed by atoms with Crippen molar-refractivity contribution in [1.82, 2.24) is 14.1 Å². The SMILES string of the molecule is CC(C)Cn1c(N)c(C(=O)COC(=O)c2ccc3ncsc3c2)c(=O)n(C)c1=O. The van der Waals surface area contributed by atoms with Gasteiger partial charge in [-0.25, -0.2) is 14.6 Å². The van der Waals surface area contributed by atoms with Crippen LogP contribution in [-0.4, -0.2) is 32.5 Å². The van der Waals surface area contributed by atoms with Crippen molar-refractivity contribution in [3.05, 3.63) is 55.7 Å². The molecule has 0 saturated carbocycles. The lowest BCUT2D eigenvalue weighted by Gasteiger charge is -2.16. The average molecular weight is 416 g/mol. The molecule has 1 aromatic carbocycles. The van der Waals surface area contributed by atoms with Gasteiger partial charge in [0, 0.05) is 13.6 Å². The van der Waals surface area contributed by atoms with Crippen LogP contribution < -0.4 is 17.0 Å². The molecule has 9 nitrogen and oxygen atoms in total. The van der Waals surface area contributed by atoms with Crippen molar-refractivity contribution >= 4 is 39.1 Å². The second-order valence-electron chi connectivity index (χ2n) is 6.95. The van der Waals surface area contributed by atoms with Gasteiger partial charge >= 0.3 is 11.7 Å². The highest BCUT2D eigenvalue weighted by Gasteiger charge is 2.23. The maximum atomic E-state index is 12.6. The monoisotopic (exact) mass is 416 g/mol. The molecular formula is C19H20N4O5S. The Kier molecular flexibility index (Phi) is 5.64. The Hall–Kier alpha value is -3.27. The van der Waals surface area contributed by atoms with Gasteiger partial charge in [-0.3, -0.25) is 18.7 Å². The molecule has 3 rings (SSSR count). The molecule has 3 aromatic rings. The van der Waals surface area contributed by atoms with Crippen molar-refractivity contribution < 1.29 is 14.3 Å². The van der Waals surface area contributed by atoms with Crippen LogP contribution in [0.25, 0.3) is 10.2 Å². The lowest BCUT2D eigenvalue weighted by atomic mass is 10.1. The predicted molar refractivity (Wildman–Crippen MR) is 109 cm³/mol. The summed E-state index contributed by atoms with van der Waals surface area (Å²) in [5.41, 5.74) is 6.85. The van der Waals surface area contributed by atoms with E-state index in [4.69, 9.17) is 10.5 Å². The van der Waals surface area contributed by atoms with E-state index in [9.17, 15) is 19.2 Å². The van der Waals surface area contributed by atoms with Crippen molar-refractivity contribution in [3.8, 4) is 0 Å². The number of nitrogen functional groups attached to an aromatic ring is 1. The maximum Gasteiger partial charge on any atom is 0.338 e. The molecule has 29 heavy (non-hydrogen) atoms. The fraction of sp³-hybridized carbons (Fsp3) is 0.316. The van der Waals surface area contributed by atoms with Gasteiger partial charge in [-0.15, -0.1) is 11.3 Å². The van der Waals surface area contributed by atoms with Crippen molar-refractivity contribution in [1.29, 1.82) is 0 Å². The van der Waals surface area contributed by atoms with E-state index >= 15 is 0 Å². The number of fused-ring (bicyclic) bond motifs is 1. The molecule has 0 radical (unpaired) electrons. The van der Waals surface area contributed by atoms with Gasteiger partial charge in [-0.05, 0) is 24.1 Å². The number of aromatic nitrogens is 3. The molecule has 10 heteroatoms. The van der Waals surface area contributed by atoms with Gasteiger partial charge in [0.15, 0.2) is 6.61 Å². The lowest BCUT2D eigenvalue weighted by molar-refractivity contribution is 0.0474. The minimum Gasteiger partial charge on any atom is -0.454 e. The van der Waals surface area contributed by atoms with Gasteiger partial charge in [0.25, 0.3) is 5.56 Å². The van der Waals surface area contributed by atoms with E-state index in [0.29, 0.717) is 0 Å². The maximum absolute atomic E-state index is 12.6. The van der Waals surface area contributed by atoms with Crippen LogP contribution in [-0.2, 0) is 18.3 Å². The first-order valence-corrected chi connectivity index (χ1v) is 9.71. The van der Waals surface area contributed by atoms with Crippen molar-refractivity contribution in [3.63, 3.8) is 0 Å². The number of esters is 1. The molecule has 0 saturated heterocycles. The van der Waals surface area contributed by atoms with Crippen LogP contribution in [0.1, 0.15) is 34.6 Å². The molecule has 152 valence electrons. The third-order valence-corrected chi connectivity index (χ3v) is 5.10. The van der Waals surface area contributed by atoms with Crippen LogP contribution >= 0.6 is 11.3 Å². The van der Waals surface area contributed by atoms with E-state index in [1.165, 1.54) is 23.0 Å². The Morgan fingerprint density at radius 2 is 2.00 bits per heavy atom. The number of ketones is 1. The summed E-state index contributed by atoms with van der Waals surface area (Å²) in [6.45, 7) is 3.33. The normalized spacial score (nSPS) is 11.2. The van der Waals surface area contributed by atoms with E-state index in [0.717, 1.165) is 14.8 Å². The number of benzene rings is 1. The quantitative estimate of drug-likeness (QED) is 0.476. The van der Waals surface area contributed by atoms with E-state index in [1.54, 1.807) is 23.7 Å². The largest absolute Gasteiger partial charge is 0.454 e. The van der Waals surface area contributed by atoms with Gasteiger partial charge in [-0.1, -0.05) is 13.8 Å². The molecule has 2 heterocycles. The zero-order valence-corrected chi connectivity index (χ0v) is 17.0. The third-order valence-electron chi connectivity index (χ3n) is 4.31. The van der Waals surface area contributed by atoms with E-state index in [1.807, 2.05) is 13.8 Å². The molecule has 0 aliphatic heterocycles. The smallest absolute Gasteiger partial charge is 0.338 e. The Morgan fingerprint density at radius 1 is 1.28 bits per heavy atom. The third kappa shape index (κ3) is 3.97. The first kappa shape index (κ1) is 20.5. The number of carbonyl (C=O) groups is 2. The molecule has 0 aliphatic carbocycles. The number of nitrogens with two attached hydrogens (primary N) is 1. The summed E-state index contributed by atoms with van der Waals surface area (Å²) < 4.78 is 7.89. The lowest BCUT2D eigenvalue weighted by Crippen LogP contribution is -2.43. The van der Waals surface area contributed by atoms with Crippen LogP contribution in [0.2, 0.25) is 0 Å². The molecule has 0 aliphatic rings. The highest BCUT2D eigenvalue weighted by Crippen LogP contribution is 2.19. The number of hydrogen-bond donors (Lipinski definition) is 1. The summed E-state index contributed by atoms with van der Waals surface area (Å²) >= 11 is 1.37. The highest BCUT2D eigenvalue weighted by atomic mass is 32.1. The molecule has 0 fully saturated rings. The van der Waals surface area contributed by atoms with Crippen molar-refractivity contribution in [2.45, 2.75) is 20.4 Å². The minimum atomic E-state index is -0.820. The van der Waals surface area contributed by atoms with Gasteiger partial charge in [0.1, 0.15) is 11.4 Å². The van der Waals surface area contributed by atoms with Crippen LogP contribution in [0.3, 0.4) is 0 Å². The molecular weight excluding hydrogens is 396 g/mol. The number of ether oxygens (including phenoxy) is 1. The first-order chi connectivity index (χ1) is 13.7. The van der Waals surface area contributed by atoms with Crippen molar-refractivity contribution in [2.24, 2.45) is 13.0 Å². The topological polar surface area (TPSA) is 126 Å². The molecule has 2 aromatic heterocycles. The fourth-order valence-electron chi connectivity index (χ4n) is 2.86. The number of hydrogen-bond acceptors (Lipinski definition) is 8. The summed E-state index contributed by atoms with van der Waals surface area (Å²) in [5.74, 6) is -1.64. The average Bonchev–Trinajstić information content (AvgIpc) is 3.15. The Bertz CT molecular complexity index is 1220. The number of nitrogens with zero attached hydrogens (tertiary/aromatic N) is 3. The number of thiazole rings is 1. The van der Waals surface area contributed by atoms with Gasteiger partial charge in [0.05, 0.1) is 21.3 Å². The zero-order chi connectivity index (χ0) is 21.3. The highest BCUT2D eigenvalue weighted by molar-refractivity contribution is 7.16. The molecule has 0 bridgehead atoms. The predicted octanol–water partition coefficient (Wildman–Crippen LogP) is 1.43. The Morgan fingerprint density at radius 3 is 2.69 bits per heavy atom. The summed E-state index contributed by atoms with van der Waals surface area (Å²) in [4.78, 5) is 53.7. The molecule has 2 N–H and O–H groups in total. The summed E-state index contributed by atoms with van der Waals surface area (Å²) in [7, 11) is 1.27. The Balaban J connectivity index is 1.85. The van der Waals surface area contributed by atoms with E-state index in [-0.39, 0.29) is 29.4 Å². The fourth-order valence-corrected chi connectivity index (χ4v) is 3.57. The first-order valence-electron chi connectivity index (χ1n) is 8.83. The van der Waals surface area contributed by atoms with Crippen LogP contribution in [0.4, 0.5) is 5.82 Å². The Labute approximate surface area is 169 Å². The minimum absolute atomic E-state index is 0.0648. The van der Waals surface area contributed by atoms with Crippen LogP contribution in [0.5, 0.6) is 0 Å².